The third-order valence-electron chi connectivity index (χ3n) is 4.33. The summed E-state index contributed by atoms with van der Waals surface area (Å²) >= 11 is 0. The molecule has 1 N–H and O–H groups in total. The fourth-order valence-corrected chi connectivity index (χ4v) is 2.78. The van der Waals surface area contributed by atoms with Crippen LogP contribution < -0.4 is 10.1 Å². The maximum absolute atomic E-state index is 13.6. The monoisotopic (exact) mass is 407 g/mol. The smallest absolute Gasteiger partial charge is 0.273 e. The van der Waals surface area contributed by atoms with Gasteiger partial charge in [0.15, 0.2) is 11.5 Å². The van der Waals surface area contributed by atoms with Gasteiger partial charge in [-0.25, -0.2) is 14.1 Å². The van der Waals surface area contributed by atoms with E-state index in [1.54, 1.807) is 41.3 Å². The van der Waals surface area contributed by atoms with E-state index in [-0.39, 0.29) is 24.7 Å². The van der Waals surface area contributed by atoms with Gasteiger partial charge in [0.05, 0.1) is 5.69 Å². The summed E-state index contributed by atoms with van der Waals surface area (Å²) in [6.45, 7) is 0.411. The lowest BCUT2D eigenvalue weighted by Crippen LogP contribution is -2.26. The Morgan fingerprint density at radius 2 is 2.00 bits per heavy atom. The molecule has 0 bridgehead atoms. The molecule has 0 atom stereocenters. The second-order valence-corrected chi connectivity index (χ2v) is 6.40. The van der Waals surface area contributed by atoms with Gasteiger partial charge in [-0.15, -0.1) is 0 Å². The van der Waals surface area contributed by atoms with Gasteiger partial charge in [-0.2, -0.15) is 5.10 Å². The molecule has 2 aromatic carbocycles. The molecule has 152 valence electrons. The molecule has 2 aromatic heterocycles. The summed E-state index contributed by atoms with van der Waals surface area (Å²) in [6.07, 6.45) is 3.45. The molecule has 0 unspecified atom stereocenters. The van der Waals surface area contributed by atoms with Crippen molar-refractivity contribution in [3.8, 4) is 11.4 Å². The number of ether oxygens (including phenoxy) is 1. The minimum Gasteiger partial charge on any atom is -0.486 e. The number of carbonyl (C=O) groups is 1. The second-order valence-electron chi connectivity index (χ2n) is 6.40. The number of aromatic nitrogens is 4. The highest BCUT2D eigenvalue weighted by Crippen LogP contribution is 2.16. The van der Waals surface area contributed by atoms with Gasteiger partial charge in [0.1, 0.15) is 30.8 Å². The van der Waals surface area contributed by atoms with Crippen LogP contribution in [-0.4, -0.2) is 32.4 Å². The third-order valence-corrected chi connectivity index (χ3v) is 4.33. The van der Waals surface area contributed by atoms with Crippen molar-refractivity contribution in [2.75, 3.05) is 6.54 Å². The number of hydrogen-bond acceptors (Lipinski definition) is 6. The summed E-state index contributed by atoms with van der Waals surface area (Å²) in [4.78, 5) is 16.1. The molecule has 4 rings (SSSR count). The van der Waals surface area contributed by atoms with Crippen LogP contribution in [0, 0.1) is 5.82 Å². The van der Waals surface area contributed by atoms with E-state index in [9.17, 15) is 9.18 Å². The topological polar surface area (TPSA) is 95.1 Å². The van der Waals surface area contributed by atoms with E-state index in [0.29, 0.717) is 23.5 Å². The van der Waals surface area contributed by atoms with Crippen molar-refractivity contribution >= 4 is 5.91 Å². The lowest BCUT2D eigenvalue weighted by molar-refractivity contribution is 0.0944. The maximum Gasteiger partial charge on any atom is 0.273 e. The van der Waals surface area contributed by atoms with Crippen LogP contribution in [0.5, 0.6) is 5.75 Å². The first-order valence-corrected chi connectivity index (χ1v) is 9.24. The largest absolute Gasteiger partial charge is 0.486 e. The number of halogens is 1. The molecule has 0 saturated carbocycles. The first-order valence-electron chi connectivity index (χ1n) is 9.24. The summed E-state index contributed by atoms with van der Waals surface area (Å²) in [5.74, 6) is 0.362. The Hall–Kier alpha value is -4.01. The average Bonchev–Trinajstić information content (AvgIpc) is 3.46. The van der Waals surface area contributed by atoms with Crippen LogP contribution in [0.2, 0.25) is 0 Å². The van der Waals surface area contributed by atoms with Crippen molar-refractivity contribution in [2.45, 2.75) is 13.0 Å². The van der Waals surface area contributed by atoms with Gasteiger partial charge in [0.25, 0.3) is 5.91 Å². The Balaban J connectivity index is 1.26. The Bertz CT molecular complexity index is 1110. The number of hydrogen-bond donors (Lipinski definition) is 1. The van der Waals surface area contributed by atoms with Gasteiger partial charge in [0, 0.05) is 12.6 Å². The molecule has 4 aromatic rings. The molecule has 8 nitrogen and oxygen atoms in total. The van der Waals surface area contributed by atoms with E-state index in [1.165, 1.54) is 18.5 Å². The van der Waals surface area contributed by atoms with Gasteiger partial charge < -0.3 is 14.6 Å². The standard InChI is InChI=1S/C21H18FN5O3/c22-19-4-2-1-3-15(19)9-10-24-21(28)20-11-18(30-26-20)12-29-17-7-5-16(6-8-17)27-14-23-13-25-27/h1-8,11,13-14H,9-10,12H2,(H,24,28). The molecule has 0 aliphatic carbocycles. The first-order chi connectivity index (χ1) is 14.7. The van der Waals surface area contributed by atoms with E-state index >= 15 is 0 Å². The fourth-order valence-electron chi connectivity index (χ4n) is 2.78. The van der Waals surface area contributed by atoms with Gasteiger partial charge in [-0.05, 0) is 42.3 Å². The van der Waals surface area contributed by atoms with Crippen LogP contribution in [0.3, 0.4) is 0 Å². The molecule has 0 fully saturated rings. The van der Waals surface area contributed by atoms with Crippen LogP contribution >= 0.6 is 0 Å². The van der Waals surface area contributed by atoms with Crippen molar-refractivity contribution in [1.82, 2.24) is 25.2 Å². The minimum atomic E-state index is -0.390. The number of benzene rings is 2. The molecule has 9 heteroatoms. The van der Waals surface area contributed by atoms with E-state index < -0.39 is 5.91 Å². The fraction of sp³-hybridized carbons (Fsp3) is 0.143. The van der Waals surface area contributed by atoms with Crippen LogP contribution in [0.4, 0.5) is 4.39 Å². The maximum atomic E-state index is 13.6. The number of carbonyl (C=O) groups excluding carboxylic acids is 1. The SMILES string of the molecule is O=C(NCCc1ccccc1F)c1cc(COc2ccc(-n3cncn3)cc2)on1. The number of amides is 1. The molecule has 0 spiro atoms. The predicted octanol–water partition coefficient (Wildman–Crippen LogP) is 2.95. The summed E-state index contributed by atoms with van der Waals surface area (Å²) in [7, 11) is 0. The van der Waals surface area contributed by atoms with Crippen LogP contribution in [0.15, 0.2) is 71.8 Å². The quantitative estimate of drug-likeness (QED) is 0.483. The minimum absolute atomic E-state index is 0.123. The van der Waals surface area contributed by atoms with Gasteiger partial charge in [-0.3, -0.25) is 4.79 Å². The molecular weight excluding hydrogens is 389 g/mol. The normalized spacial score (nSPS) is 10.7. The second kappa shape index (κ2) is 8.99. The number of nitrogens with one attached hydrogen (secondary N) is 1. The highest BCUT2D eigenvalue weighted by atomic mass is 19.1. The number of rotatable bonds is 8. The molecule has 0 aliphatic rings. The summed E-state index contributed by atoms with van der Waals surface area (Å²) in [5, 5.41) is 10.5. The third kappa shape index (κ3) is 4.69. The zero-order valence-electron chi connectivity index (χ0n) is 15.9. The summed E-state index contributed by atoms with van der Waals surface area (Å²) in [6, 6.07) is 15.3. The van der Waals surface area contributed by atoms with E-state index in [1.807, 2.05) is 12.1 Å². The molecule has 0 saturated heterocycles. The van der Waals surface area contributed by atoms with Crippen molar-refractivity contribution in [2.24, 2.45) is 0 Å². The highest BCUT2D eigenvalue weighted by Gasteiger charge is 2.13. The number of nitrogens with zero attached hydrogens (tertiary/aromatic N) is 4. The average molecular weight is 407 g/mol. The Labute approximate surface area is 171 Å². The Kier molecular flexibility index (Phi) is 5.79. The Morgan fingerprint density at radius 1 is 1.17 bits per heavy atom. The van der Waals surface area contributed by atoms with Crippen LogP contribution in [0.25, 0.3) is 5.69 Å². The first kappa shape index (κ1) is 19.3. The molecule has 2 heterocycles. The van der Waals surface area contributed by atoms with Crippen molar-refractivity contribution in [1.29, 1.82) is 0 Å². The van der Waals surface area contributed by atoms with Crippen molar-refractivity contribution in [3.63, 3.8) is 0 Å². The lowest BCUT2D eigenvalue weighted by atomic mass is 10.1. The molecule has 1 amide bonds. The zero-order valence-corrected chi connectivity index (χ0v) is 15.9. The zero-order chi connectivity index (χ0) is 20.8. The molecule has 0 aliphatic heterocycles. The molecule has 0 radical (unpaired) electrons. The predicted molar refractivity (Wildman–Crippen MR) is 105 cm³/mol. The van der Waals surface area contributed by atoms with E-state index in [2.05, 4.69) is 20.6 Å². The molecular formula is C21H18FN5O3. The highest BCUT2D eigenvalue weighted by molar-refractivity contribution is 5.92. The van der Waals surface area contributed by atoms with Crippen LogP contribution in [-0.2, 0) is 13.0 Å². The van der Waals surface area contributed by atoms with E-state index in [0.717, 1.165) is 5.69 Å². The van der Waals surface area contributed by atoms with Gasteiger partial charge in [0.2, 0.25) is 0 Å². The lowest BCUT2D eigenvalue weighted by Gasteiger charge is -2.05. The van der Waals surface area contributed by atoms with Gasteiger partial charge >= 0.3 is 0 Å². The Morgan fingerprint density at radius 3 is 2.77 bits per heavy atom. The summed E-state index contributed by atoms with van der Waals surface area (Å²) < 4.78 is 26.0. The van der Waals surface area contributed by atoms with E-state index in [4.69, 9.17) is 9.26 Å². The van der Waals surface area contributed by atoms with Crippen molar-refractivity contribution < 1.29 is 18.4 Å². The van der Waals surface area contributed by atoms with Gasteiger partial charge in [-0.1, -0.05) is 23.4 Å². The summed E-state index contributed by atoms with van der Waals surface area (Å²) in [5.41, 5.74) is 1.54. The molecule has 30 heavy (non-hydrogen) atoms. The van der Waals surface area contributed by atoms with Crippen LogP contribution in [0.1, 0.15) is 21.8 Å². The van der Waals surface area contributed by atoms with Crippen molar-refractivity contribution in [3.05, 3.63) is 90.1 Å².